The largest absolute Gasteiger partial charge is 0.487 e. The third-order valence-corrected chi connectivity index (χ3v) is 4.17. The Morgan fingerprint density at radius 3 is 2.54 bits per heavy atom. The van der Waals surface area contributed by atoms with Crippen LogP contribution < -0.4 is 10.3 Å². The van der Waals surface area contributed by atoms with Crippen LogP contribution in [0.3, 0.4) is 0 Å². The van der Waals surface area contributed by atoms with Gasteiger partial charge < -0.3 is 4.74 Å². The summed E-state index contributed by atoms with van der Waals surface area (Å²) < 4.78 is 34.2. The van der Waals surface area contributed by atoms with Crippen molar-refractivity contribution in [3.05, 3.63) is 82.3 Å². The standard InChI is InChI=1S/C20H16F2N4O2/c1-20(21,22)15-9-5-6-10-16(15)28-12-14-11-17(27)26-19(23-14)24-18(25-26)13-7-3-2-4-8-13/h2-11H,12H2,1H3,(H,23,24,25). The predicted octanol–water partition coefficient (Wildman–Crippen LogP) is 3.78. The molecular formula is C20H16F2N4O2. The van der Waals surface area contributed by atoms with Crippen LogP contribution in [0.2, 0.25) is 0 Å². The number of halogens is 2. The number of rotatable bonds is 5. The second-order valence-corrected chi connectivity index (χ2v) is 6.33. The fourth-order valence-corrected chi connectivity index (χ4v) is 2.83. The third-order valence-electron chi connectivity index (χ3n) is 4.17. The summed E-state index contributed by atoms with van der Waals surface area (Å²) in [7, 11) is 0. The van der Waals surface area contributed by atoms with Crippen LogP contribution in [0.1, 0.15) is 18.2 Å². The number of alkyl halides is 2. The van der Waals surface area contributed by atoms with Gasteiger partial charge in [0.2, 0.25) is 0 Å². The number of hydrogen-bond acceptors (Lipinski definition) is 4. The first-order chi connectivity index (χ1) is 13.4. The van der Waals surface area contributed by atoms with Crippen LogP contribution >= 0.6 is 0 Å². The molecule has 2 heterocycles. The van der Waals surface area contributed by atoms with E-state index in [2.05, 4.69) is 15.1 Å². The molecule has 0 bridgehead atoms. The molecule has 0 unspecified atom stereocenters. The fraction of sp³-hybridized carbons (Fsp3) is 0.150. The normalized spacial score (nSPS) is 11.7. The van der Waals surface area contributed by atoms with E-state index in [0.29, 0.717) is 11.5 Å². The number of nitrogens with one attached hydrogen (secondary N) is 1. The van der Waals surface area contributed by atoms with E-state index in [0.717, 1.165) is 12.5 Å². The lowest BCUT2D eigenvalue weighted by Crippen LogP contribution is -2.17. The Balaban J connectivity index is 1.63. The van der Waals surface area contributed by atoms with Gasteiger partial charge in [0.25, 0.3) is 17.3 Å². The maximum absolute atomic E-state index is 13.7. The molecule has 2 aromatic carbocycles. The third kappa shape index (κ3) is 3.48. The lowest BCUT2D eigenvalue weighted by atomic mass is 10.1. The topological polar surface area (TPSA) is 72.3 Å². The van der Waals surface area contributed by atoms with Gasteiger partial charge in [-0.25, -0.2) is 13.8 Å². The average Bonchev–Trinajstić information content (AvgIpc) is 3.11. The minimum atomic E-state index is -3.04. The van der Waals surface area contributed by atoms with Crippen molar-refractivity contribution in [2.45, 2.75) is 19.5 Å². The van der Waals surface area contributed by atoms with Crippen molar-refractivity contribution in [3.8, 4) is 17.1 Å². The van der Waals surface area contributed by atoms with E-state index in [1.165, 1.54) is 28.8 Å². The van der Waals surface area contributed by atoms with Gasteiger partial charge >= 0.3 is 0 Å². The lowest BCUT2D eigenvalue weighted by molar-refractivity contribution is 0.0142. The first-order valence-electron chi connectivity index (χ1n) is 8.56. The molecule has 1 N–H and O–H groups in total. The molecule has 8 heteroatoms. The summed E-state index contributed by atoms with van der Waals surface area (Å²) in [6.45, 7) is 0.674. The average molecular weight is 382 g/mol. The van der Waals surface area contributed by atoms with E-state index < -0.39 is 5.92 Å². The van der Waals surface area contributed by atoms with Crippen molar-refractivity contribution in [1.82, 2.24) is 19.6 Å². The van der Waals surface area contributed by atoms with E-state index in [1.807, 2.05) is 30.3 Å². The smallest absolute Gasteiger partial charge is 0.274 e. The van der Waals surface area contributed by atoms with Crippen molar-refractivity contribution >= 4 is 5.78 Å². The number of hydrogen-bond donors (Lipinski definition) is 1. The van der Waals surface area contributed by atoms with Gasteiger partial charge in [-0.15, -0.1) is 0 Å². The minimum absolute atomic E-state index is 0.0454. The van der Waals surface area contributed by atoms with Crippen LogP contribution in [0.15, 0.2) is 65.5 Å². The lowest BCUT2D eigenvalue weighted by Gasteiger charge is -2.15. The van der Waals surface area contributed by atoms with Gasteiger partial charge in [-0.05, 0) is 12.1 Å². The Morgan fingerprint density at radius 2 is 1.79 bits per heavy atom. The van der Waals surface area contributed by atoms with Gasteiger partial charge in [0.1, 0.15) is 12.4 Å². The molecule has 0 aliphatic carbocycles. The molecule has 0 saturated heterocycles. The maximum atomic E-state index is 13.7. The number of aromatic nitrogens is 4. The van der Waals surface area contributed by atoms with E-state index in [9.17, 15) is 13.6 Å². The SMILES string of the molecule is CC(F)(F)c1ccccc1OCc1cc(=O)n2[nH]c(-c3ccccc3)nc2n1. The monoisotopic (exact) mass is 382 g/mol. The summed E-state index contributed by atoms with van der Waals surface area (Å²) in [6.07, 6.45) is 0. The fourth-order valence-electron chi connectivity index (χ4n) is 2.83. The van der Waals surface area contributed by atoms with E-state index >= 15 is 0 Å². The molecule has 4 aromatic rings. The Labute approximate surface area is 158 Å². The summed E-state index contributed by atoms with van der Waals surface area (Å²) in [5.41, 5.74) is 0.515. The Morgan fingerprint density at radius 1 is 1.07 bits per heavy atom. The summed E-state index contributed by atoms with van der Waals surface area (Å²) in [6, 6.07) is 16.5. The van der Waals surface area contributed by atoms with Crippen LogP contribution in [0.5, 0.6) is 5.75 Å². The number of nitrogens with zero attached hydrogens (tertiary/aromatic N) is 3. The molecule has 2 aromatic heterocycles. The summed E-state index contributed by atoms with van der Waals surface area (Å²) >= 11 is 0. The number of aromatic amines is 1. The molecule has 0 aliphatic rings. The Bertz CT molecular complexity index is 1180. The van der Waals surface area contributed by atoms with Crippen molar-refractivity contribution < 1.29 is 13.5 Å². The van der Waals surface area contributed by atoms with Gasteiger partial charge in [0.05, 0.1) is 11.3 Å². The molecule has 4 rings (SSSR count). The molecule has 28 heavy (non-hydrogen) atoms. The minimum Gasteiger partial charge on any atom is -0.487 e. The van der Waals surface area contributed by atoms with Crippen LogP contribution in [-0.4, -0.2) is 19.6 Å². The summed E-state index contributed by atoms with van der Waals surface area (Å²) in [5.74, 6) is -2.32. The highest BCUT2D eigenvalue weighted by molar-refractivity contribution is 5.56. The van der Waals surface area contributed by atoms with E-state index in [-0.39, 0.29) is 29.3 Å². The number of benzene rings is 2. The van der Waals surface area contributed by atoms with Gasteiger partial charge in [0.15, 0.2) is 5.82 Å². The van der Waals surface area contributed by atoms with Gasteiger partial charge in [-0.3, -0.25) is 9.89 Å². The second kappa shape index (κ2) is 6.88. The number of ether oxygens (including phenoxy) is 1. The molecule has 0 atom stereocenters. The molecule has 0 amide bonds. The van der Waals surface area contributed by atoms with Crippen LogP contribution in [0, 0.1) is 0 Å². The zero-order valence-electron chi connectivity index (χ0n) is 14.9. The Kier molecular flexibility index (Phi) is 4.38. The van der Waals surface area contributed by atoms with Crippen molar-refractivity contribution in [2.24, 2.45) is 0 Å². The van der Waals surface area contributed by atoms with Gasteiger partial charge in [-0.1, -0.05) is 42.5 Å². The van der Waals surface area contributed by atoms with Crippen LogP contribution in [0.4, 0.5) is 8.78 Å². The highest BCUT2D eigenvalue weighted by Crippen LogP contribution is 2.34. The first kappa shape index (κ1) is 17.8. The molecule has 0 radical (unpaired) electrons. The number of H-pyrrole nitrogens is 1. The predicted molar refractivity (Wildman–Crippen MR) is 99.4 cm³/mol. The summed E-state index contributed by atoms with van der Waals surface area (Å²) in [5, 5.41) is 2.90. The van der Waals surface area contributed by atoms with Crippen LogP contribution in [-0.2, 0) is 12.5 Å². The Hall–Kier alpha value is -3.55. The number of fused-ring (bicyclic) bond motifs is 1. The molecule has 142 valence electrons. The number of para-hydroxylation sites is 1. The van der Waals surface area contributed by atoms with E-state index in [4.69, 9.17) is 4.74 Å². The zero-order valence-corrected chi connectivity index (χ0v) is 14.9. The van der Waals surface area contributed by atoms with E-state index in [1.54, 1.807) is 6.07 Å². The molecular weight excluding hydrogens is 366 g/mol. The summed E-state index contributed by atoms with van der Waals surface area (Å²) in [4.78, 5) is 21.0. The van der Waals surface area contributed by atoms with Crippen molar-refractivity contribution in [3.63, 3.8) is 0 Å². The van der Waals surface area contributed by atoms with Crippen molar-refractivity contribution in [1.29, 1.82) is 0 Å². The molecule has 0 saturated carbocycles. The first-order valence-corrected chi connectivity index (χ1v) is 8.56. The van der Waals surface area contributed by atoms with Crippen molar-refractivity contribution in [2.75, 3.05) is 0 Å². The molecule has 6 nitrogen and oxygen atoms in total. The van der Waals surface area contributed by atoms with Crippen LogP contribution in [0.25, 0.3) is 17.2 Å². The van der Waals surface area contributed by atoms with Gasteiger partial charge in [-0.2, -0.15) is 9.50 Å². The highest BCUT2D eigenvalue weighted by Gasteiger charge is 2.28. The quantitative estimate of drug-likeness (QED) is 0.570. The second-order valence-electron chi connectivity index (χ2n) is 6.33. The molecule has 0 fully saturated rings. The molecule has 0 spiro atoms. The zero-order chi connectivity index (χ0) is 19.7. The molecule has 0 aliphatic heterocycles. The van der Waals surface area contributed by atoms with Gasteiger partial charge in [0, 0.05) is 18.6 Å². The maximum Gasteiger partial charge on any atom is 0.274 e. The highest BCUT2D eigenvalue weighted by atomic mass is 19.3.